The van der Waals surface area contributed by atoms with E-state index in [4.69, 9.17) is 0 Å². The molecule has 3 aromatic rings. The van der Waals surface area contributed by atoms with E-state index in [9.17, 15) is 4.79 Å². The predicted octanol–water partition coefficient (Wildman–Crippen LogP) is 2.94. The molecule has 0 amide bonds. The Bertz CT molecular complexity index is 803. The van der Waals surface area contributed by atoms with Gasteiger partial charge in [-0.25, -0.2) is 4.98 Å². The molecule has 0 saturated carbocycles. The zero-order valence-corrected chi connectivity index (χ0v) is 11.3. The van der Waals surface area contributed by atoms with Crippen molar-refractivity contribution in [3.63, 3.8) is 0 Å². The quantitative estimate of drug-likeness (QED) is 0.792. The third-order valence-corrected chi connectivity index (χ3v) is 3.24. The van der Waals surface area contributed by atoms with Crippen molar-refractivity contribution in [2.24, 2.45) is 0 Å². The first kappa shape index (κ1) is 12.5. The van der Waals surface area contributed by atoms with E-state index in [1.54, 1.807) is 12.3 Å². The van der Waals surface area contributed by atoms with Gasteiger partial charge in [0.05, 0.1) is 5.69 Å². The van der Waals surface area contributed by atoms with Gasteiger partial charge in [0.1, 0.15) is 5.82 Å². The van der Waals surface area contributed by atoms with Gasteiger partial charge in [0.25, 0.3) is 5.56 Å². The van der Waals surface area contributed by atoms with Crippen LogP contribution in [0.2, 0.25) is 0 Å². The van der Waals surface area contributed by atoms with Gasteiger partial charge >= 0.3 is 0 Å². The molecule has 0 aliphatic carbocycles. The summed E-state index contributed by atoms with van der Waals surface area (Å²) in [5.74, 6) is 0.732. The van der Waals surface area contributed by atoms with Crippen molar-refractivity contribution in [2.75, 3.05) is 0 Å². The molecule has 0 bridgehead atoms. The van der Waals surface area contributed by atoms with Crippen LogP contribution in [0, 0.1) is 0 Å². The van der Waals surface area contributed by atoms with E-state index >= 15 is 0 Å². The number of fused-ring (bicyclic) bond motifs is 1. The largest absolute Gasteiger partial charge is 0.311 e. The number of aromatic nitrogens is 3. The van der Waals surface area contributed by atoms with E-state index in [0.717, 1.165) is 35.0 Å². The molecule has 0 aliphatic rings. The number of benzene rings is 1. The Balaban J connectivity index is 2.23. The lowest BCUT2D eigenvalue weighted by Gasteiger charge is -2.07. The number of aromatic amines is 1. The average molecular weight is 265 g/mol. The summed E-state index contributed by atoms with van der Waals surface area (Å²) in [6.07, 6.45) is 5.29. The van der Waals surface area contributed by atoms with Crippen LogP contribution in [0.1, 0.15) is 19.2 Å². The van der Waals surface area contributed by atoms with Gasteiger partial charge < -0.3 is 4.98 Å². The molecule has 4 nitrogen and oxygen atoms in total. The van der Waals surface area contributed by atoms with Gasteiger partial charge in [-0.2, -0.15) is 0 Å². The first-order valence-electron chi connectivity index (χ1n) is 6.71. The van der Waals surface area contributed by atoms with E-state index in [-0.39, 0.29) is 5.56 Å². The van der Waals surface area contributed by atoms with Crippen LogP contribution in [0.5, 0.6) is 0 Å². The van der Waals surface area contributed by atoms with Crippen molar-refractivity contribution in [3.8, 4) is 11.3 Å². The highest BCUT2D eigenvalue weighted by Gasteiger charge is 2.07. The molecule has 0 fully saturated rings. The van der Waals surface area contributed by atoms with Crippen LogP contribution in [0.4, 0.5) is 0 Å². The zero-order valence-electron chi connectivity index (χ0n) is 11.3. The van der Waals surface area contributed by atoms with Crippen LogP contribution >= 0.6 is 0 Å². The van der Waals surface area contributed by atoms with E-state index in [1.165, 1.54) is 0 Å². The molecule has 3 rings (SSSR count). The van der Waals surface area contributed by atoms with Gasteiger partial charge in [0.15, 0.2) is 0 Å². The summed E-state index contributed by atoms with van der Waals surface area (Å²) in [6.45, 7) is 2.06. The van der Waals surface area contributed by atoms with Crippen LogP contribution in [-0.2, 0) is 6.42 Å². The molecule has 0 unspecified atom stereocenters. The molecule has 1 aromatic carbocycles. The van der Waals surface area contributed by atoms with Crippen LogP contribution in [-0.4, -0.2) is 15.0 Å². The molecule has 2 heterocycles. The monoisotopic (exact) mass is 265 g/mol. The Kier molecular flexibility index (Phi) is 3.29. The van der Waals surface area contributed by atoms with E-state index in [1.807, 2.05) is 30.5 Å². The summed E-state index contributed by atoms with van der Waals surface area (Å²) in [5, 5.41) is 2.10. The molecular formula is C16H15N3O. The number of rotatable bonds is 3. The van der Waals surface area contributed by atoms with Crippen LogP contribution in [0.15, 0.2) is 47.5 Å². The highest BCUT2D eigenvalue weighted by atomic mass is 16.1. The third-order valence-electron chi connectivity index (χ3n) is 3.24. The molecule has 0 atom stereocenters. The van der Waals surface area contributed by atoms with Crippen molar-refractivity contribution >= 4 is 10.8 Å². The Morgan fingerprint density at radius 2 is 2.15 bits per heavy atom. The van der Waals surface area contributed by atoms with Gasteiger partial charge in [-0.15, -0.1) is 0 Å². The Labute approximate surface area is 116 Å². The molecule has 0 aliphatic heterocycles. The van der Waals surface area contributed by atoms with Crippen molar-refractivity contribution < 1.29 is 0 Å². The lowest BCUT2D eigenvalue weighted by atomic mass is 10.0. The van der Waals surface area contributed by atoms with Crippen molar-refractivity contribution in [2.45, 2.75) is 19.8 Å². The van der Waals surface area contributed by atoms with E-state index < -0.39 is 0 Å². The first-order valence-corrected chi connectivity index (χ1v) is 6.71. The summed E-state index contributed by atoms with van der Waals surface area (Å²) in [5.41, 5.74) is 1.54. The fraction of sp³-hybridized carbons (Fsp3) is 0.188. The number of hydrogen-bond acceptors (Lipinski definition) is 3. The second kappa shape index (κ2) is 5.25. The summed E-state index contributed by atoms with van der Waals surface area (Å²) in [6, 6.07) is 9.47. The van der Waals surface area contributed by atoms with E-state index in [0.29, 0.717) is 5.69 Å². The number of H-pyrrole nitrogens is 1. The Morgan fingerprint density at radius 3 is 3.00 bits per heavy atom. The Hall–Kier alpha value is -2.49. The molecule has 0 saturated heterocycles. The lowest BCUT2D eigenvalue weighted by molar-refractivity contribution is 0.828. The second-order valence-electron chi connectivity index (χ2n) is 4.73. The maximum atomic E-state index is 11.8. The average Bonchev–Trinajstić information content (AvgIpc) is 2.46. The topological polar surface area (TPSA) is 58.6 Å². The molecule has 0 radical (unpaired) electrons. The molecule has 20 heavy (non-hydrogen) atoms. The normalized spacial score (nSPS) is 10.8. The maximum Gasteiger partial charge on any atom is 0.251 e. The number of nitrogens with zero attached hydrogens (tertiary/aromatic N) is 2. The third kappa shape index (κ3) is 2.32. The fourth-order valence-corrected chi connectivity index (χ4v) is 2.34. The summed E-state index contributed by atoms with van der Waals surface area (Å²) in [7, 11) is 0. The van der Waals surface area contributed by atoms with Gasteiger partial charge in [0.2, 0.25) is 0 Å². The highest BCUT2D eigenvalue weighted by Crippen LogP contribution is 2.25. The Morgan fingerprint density at radius 1 is 1.25 bits per heavy atom. The van der Waals surface area contributed by atoms with Crippen molar-refractivity contribution in [1.82, 2.24) is 15.0 Å². The van der Waals surface area contributed by atoms with Crippen LogP contribution < -0.4 is 5.56 Å². The van der Waals surface area contributed by atoms with Crippen molar-refractivity contribution in [1.29, 1.82) is 0 Å². The highest BCUT2D eigenvalue weighted by molar-refractivity contribution is 5.95. The first-order chi connectivity index (χ1) is 9.78. The minimum absolute atomic E-state index is 0.112. The standard InChI is InChI=1S/C16H15N3O/c1-2-4-15-18-14(9-16(20)19-15)12-6-3-5-11-7-8-17-10-13(11)12/h3,5-10H,2,4H2,1H3,(H,18,19,20). The van der Waals surface area contributed by atoms with Crippen LogP contribution in [0.3, 0.4) is 0 Å². The summed E-state index contributed by atoms with van der Waals surface area (Å²) in [4.78, 5) is 23.3. The van der Waals surface area contributed by atoms with Gasteiger partial charge in [-0.05, 0) is 17.9 Å². The number of nitrogens with one attached hydrogen (secondary N) is 1. The minimum Gasteiger partial charge on any atom is -0.311 e. The summed E-state index contributed by atoms with van der Waals surface area (Å²) < 4.78 is 0. The molecule has 1 N–H and O–H groups in total. The fourth-order valence-electron chi connectivity index (χ4n) is 2.34. The van der Waals surface area contributed by atoms with Crippen LogP contribution in [0.25, 0.3) is 22.0 Å². The number of aryl methyl sites for hydroxylation is 1. The van der Waals surface area contributed by atoms with Gasteiger partial charge in [0, 0.05) is 35.8 Å². The molecule has 2 aromatic heterocycles. The smallest absolute Gasteiger partial charge is 0.251 e. The SMILES string of the molecule is CCCc1nc(-c2cccc3ccncc23)cc(=O)[nH]1. The van der Waals surface area contributed by atoms with E-state index in [2.05, 4.69) is 21.9 Å². The molecular weight excluding hydrogens is 250 g/mol. The zero-order chi connectivity index (χ0) is 13.9. The number of pyridine rings is 1. The second-order valence-corrected chi connectivity index (χ2v) is 4.73. The van der Waals surface area contributed by atoms with Crippen molar-refractivity contribution in [3.05, 3.63) is 58.9 Å². The van der Waals surface area contributed by atoms with Gasteiger partial charge in [-0.3, -0.25) is 9.78 Å². The molecule has 4 heteroatoms. The molecule has 100 valence electrons. The predicted molar refractivity (Wildman–Crippen MR) is 79.6 cm³/mol. The van der Waals surface area contributed by atoms with Gasteiger partial charge in [-0.1, -0.05) is 25.1 Å². The number of hydrogen-bond donors (Lipinski definition) is 1. The maximum absolute atomic E-state index is 11.8. The lowest BCUT2D eigenvalue weighted by Crippen LogP contribution is -2.11. The molecule has 0 spiro atoms. The summed E-state index contributed by atoms with van der Waals surface area (Å²) >= 11 is 0. The minimum atomic E-state index is -0.112.